The monoisotopic (exact) mass is 215 g/mol. The van der Waals surface area contributed by atoms with Gasteiger partial charge >= 0.3 is 0 Å². The van der Waals surface area contributed by atoms with Crippen molar-refractivity contribution in [3.05, 3.63) is 40.8 Å². The van der Waals surface area contributed by atoms with Crippen LogP contribution in [0.5, 0.6) is 0 Å². The molecule has 0 amide bonds. The Morgan fingerprint density at radius 2 is 2.00 bits per heavy atom. The zero-order valence-electron chi connectivity index (χ0n) is 9.96. The lowest BCUT2D eigenvalue weighted by atomic mass is 10.0. The van der Waals surface area contributed by atoms with Crippen molar-refractivity contribution in [2.24, 2.45) is 5.73 Å². The molecule has 0 fully saturated rings. The van der Waals surface area contributed by atoms with Crippen LogP contribution >= 0.6 is 0 Å². The first-order valence-electron chi connectivity index (χ1n) is 5.45. The number of aromatic amines is 1. The second kappa shape index (κ2) is 4.10. The third-order valence-corrected chi connectivity index (χ3v) is 2.85. The van der Waals surface area contributed by atoms with E-state index in [2.05, 4.69) is 35.1 Å². The molecule has 3 heteroatoms. The third kappa shape index (κ3) is 1.86. The summed E-state index contributed by atoms with van der Waals surface area (Å²) in [6.45, 7) is 6.66. The highest BCUT2D eigenvalue weighted by molar-refractivity contribution is 5.63. The van der Waals surface area contributed by atoms with E-state index in [1.807, 2.05) is 13.8 Å². The number of nitrogens with one attached hydrogen (secondary N) is 1. The van der Waals surface area contributed by atoms with E-state index in [0.717, 1.165) is 22.8 Å². The van der Waals surface area contributed by atoms with Crippen LogP contribution < -0.4 is 5.73 Å². The fourth-order valence-electron chi connectivity index (χ4n) is 1.93. The molecule has 0 aliphatic rings. The Balaban J connectivity index is 2.52. The van der Waals surface area contributed by atoms with Gasteiger partial charge in [0.2, 0.25) is 0 Å². The number of nitrogens with zero attached hydrogens (tertiary/aromatic N) is 1. The number of H-pyrrole nitrogens is 1. The number of aryl methyl sites for hydroxylation is 3. The Bertz CT molecular complexity index is 512. The van der Waals surface area contributed by atoms with E-state index in [0.29, 0.717) is 6.54 Å². The van der Waals surface area contributed by atoms with Gasteiger partial charge in [-0.2, -0.15) is 0 Å². The molecule has 1 aromatic carbocycles. The Kier molecular flexibility index (Phi) is 2.79. The zero-order valence-corrected chi connectivity index (χ0v) is 9.96. The average Bonchev–Trinajstić information content (AvgIpc) is 2.59. The van der Waals surface area contributed by atoms with Gasteiger partial charge in [-0.15, -0.1) is 0 Å². The van der Waals surface area contributed by atoms with Crippen LogP contribution in [0.3, 0.4) is 0 Å². The number of hydrogen-bond acceptors (Lipinski definition) is 2. The molecule has 0 radical (unpaired) electrons. The van der Waals surface area contributed by atoms with E-state index in [-0.39, 0.29) is 0 Å². The van der Waals surface area contributed by atoms with Crippen molar-refractivity contribution in [3.63, 3.8) is 0 Å². The van der Waals surface area contributed by atoms with Gasteiger partial charge in [-0.05, 0) is 38.0 Å². The van der Waals surface area contributed by atoms with Crippen molar-refractivity contribution < 1.29 is 0 Å². The van der Waals surface area contributed by atoms with Gasteiger partial charge in [0, 0.05) is 17.8 Å². The van der Waals surface area contributed by atoms with Crippen LogP contribution in [0.15, 0.2) is 18.2 Å². The van der Waals surface area contributed by atoms with E-state index in [4.69, 9.17) is 5.73 Å². The molecule has 1 aromatic heterocycles. The molecule has 0 saturated carbocycles. The highest BCUT2D eigenvalue weighted by Crippen LogP contribution is 2.23. The average molecular weight is 215 g/mol. The van der Waals surface area contributed by atoms with Crippen LogP contribution in [-0.2, 0) is 6.54 Å². The maximum absolute atomic E-state index is 5.71. The maximum Gasteiger partial charge on any atom is 0.103 e. The van der Waals surface area contributed by atoms with E-state index in [1.54, 1.807) is 0 Å². The van der Waals surface area contributed by atoms with E-state index < -0.39 is 0 Å². The van der Waals surface area contributed by atoms with Crippen LogP contribution in [0.1, 0.15) is 22.6 Å². The first-order chi connectivity index (χ1) is 7.61. The van der Waals surface area contributed by atoms with Gasteiger partial charge < -0.3 is 10.7 Å². The normalized spacial score (nSPS) is 10.8. The molecule has 2 rings (SSSR count). The Morgan fingerprint density at radius 1 is 1.25 bits per heavy atom. The van der Waals surface area contributed by atoms with E-state index in [9.17, 15) is 0 Å². The second-order valence-electron chi connectivity index (χ2n) is 4.14. The summed E-state index contributed by atoms with van der Waals surface area (Å²) in [5, 5.41) is 0. The van der Waals surface area contributed by atoms with E-state index >= 15 is 0 Å². The molecule has 3 N–H and O–H groups in total. The Morgan fingerprint density at radius 3 is 2.56 bits per heavy atom. The highest BCUT2D eigenvalue weighted by atomic mass is 14.9. The molecule has 3 nitrogen and oxygen atoms in total. The number of hydrogen-bond donors (Lipinski definition) is 2. The first kappa shape index (κ1) is 10.9. The second-order valence-corrected chi connectivity index (χ2v) is 4.14. The molecular formula is C13H17N3. The molecule has 84 valence electrons. The van der Waals surface area contributed by atoms with Crippen molar-refractivity contribution in [1.82, 2.24) is 9.97 Å². The lowest BCUT2D eigenvalue weighted by Gasteiger charge is -2.05. The number of aromatic nitrogens is 2. The highest BCUT2D eigenvalue weighted by Gasteiger charge is 2.08. The molecule has 1 heterocycles. The van der Waals surface area contributed by atoms with E-state index in [1.165, 1.54) is 11.1 Å². The predicted octanol–water partition coefficient (Wildman–Crippen LogP) is 2.46. The third-order valence-electron chi connectivity index (χ3n) is 2.85. The van der Waals surface area contributed by atoms with Crippen molar-refractivity contribution in [2.45, 2.75) is 27.3 Å². The summed E-state index contributed by atoms with van der Waals surface area (Å²) >= 11 is 0. The first-order valence-corrected chi connectivity index (χ1v) is 5.45. The molecule has 0 aliphatic heterocycles. The van der Waals surface area contributed by atoms with Gasteiger partial charge in [-0.1, -0.05) is 12.1 Å². The molecular weight excluding hydrogens is 198 g/mol. The minimum Gasteiger partial charge on any atom is -0.346 e. The number of rotatable bonds is 2. The SMILES string of the molecule is Cc1nc(-c2ccc(C)c(CN)c2)c(C)[nH]1. The topological polar surface area (TPSA) is 54.7 Å². The van der Waals surface area contributed by atoms with Gasteiger partial charge in [0.05, 0.1) is 5.69 Å². The minimum absolute atomic E-state index is 0.572. The molecule has 0 aliphatic carbocycles. The quantitative estimate of drug-likeness (QED) is 0.808. The Labute approximate surface area is 95.7 Å². The van der Waals surface area contributed by atoms with Crippen molar-refractivity contribution in [1.29, 1.82) is 0 Å². The van der Waals surface area contributed by atoms with Crippen LogP contribution in [0.2, 0.25) is 0 Å². The summed E-state index contributed by atoms with van der Waals surface area (Å²) in [6, 6.07) is 6.32. The summed E-state index contributed by atoms with van der Waals surface area (Å²) in [7, 11) is 0. The molecule has 0 unspecified atom stereocenters. The van der Waals surface area contributed by atoms with Crippen molar-refractivity contribution in [3.8, 4) is 11.3 Å². The van der Waals surface area contributed by atoms with Gasteiger partial charge in [-0.3, -0.25) is 0 Å². The lowest BCUT2D eigenvalue weighted by molar-refractivity contribution is 1.05. The number of benzene rings is 1. The smallest absolute Gasteiger partial charge is 0.103 e. The Hall–Kier alpha value is -1.61. The van der Waals surface area contributed by atoms with Crippen LogP contribution in [0.25, 0.3) is 11.3 Å². The molecule has 2 aromatic rings. The summed E-state index contributed by atoms with van der Waals surface area (Å²) in [5.41, 5.74) is 11.4. The predicted molar refractivity (Wildman–Crippen MR) is 66.1 cm³/mol. The lowest BCUT2D eigenvalue weighted by Crippen LogP contribution is -1.99. The fourth-order valence-corrected chi connectivity index (χ4v) is 1.93. The molecule has 0 saturated heterocycles. The molecule has 0 spiro atoms. The van der Waals surface area contributed by atoms with Crippen LogP contribution in [0, 0.1) is 20.8 Å². The summed E-state index contributed by atoms with van der Waals surface area (Å²) in [6.07, 6.45) is 0. The minimum atomic E-state index is 0.572. The largest absolute Gasteiger partial charge is 0.346 e. The van der Waals surface area contributed by atoms with Crippen LogP contribution in [-0.4, -0.2) is 9.97 Å². The molecule has 0 atom stereocenters. The summed E-state index contributed by atoms with van der Waals surface area (Å²) < 4.78 is 0. The van der Waals surface area contributed by atoms with Gasteiger partial charge in [-0.25, -0.2) is 4.98 Å². The molecule has 16 heavy (non-hydrogen) atoms. The maximum atomic E-state index is 5.71. The summed E-state index contributed by atoms with van der Waals surface area (Å²) in [4.78, 5) is 7.70. The molecule has 0 bridgehead atoms. The zero-order chi connectivity index (χ0) is 11.7. The standard InChI is InChI=1S/C13H17N3/c1-8-4-5-11(6-12(8)7-14)13-9(2)15-10(3)16-13/h4-6H,7,14H2,1-3H3,(H,15,16). The number of imidazole rings is 1. The van der Waals surface area contributed by atoms with Crippen molar-refractivity contribution in [2.75, 3.05) is 0 Å². The summed E-state index contributed by atoms with van der Waals surface area (Å²) in [5.74, 6) is 0.947. The van der Waals surface area contributed by atoms with Crippen molar-refractivity contribution >= 4 is 0 Å². The van der Waals surface area contributed by atoms with Gasteiger partial charge in [0.15, 0.2) is 0 Å². The fraction of sp³-hybridized carbons (Fsp3) is 0.308. The van der Waals surface area contributed by atoms with Gasteiger partial charge in [0.25, 0.3) is 0 Å². The van der Waals surface area contributed by atoms with Gasteiger partial charge in [0.1, 0.15) is 5.82 Å². The number of nitrogens with two attached hydrogens (primary N) is 1. The van der Waals surface area contributed by atoms with Crippen LogP contribution in [0.4, 0.5) is 0 Å².